The number of halogens is 1. The highest BCUT2D eigenvalue weighted by Crippen LogP contribution is 2.39. The van der Waals surface area contributed by atoms with Crippen molar-refractivity contribution >= 4 is 27.3 Å². The Labute approximate surface area is 128 Å². The van der Waals surface area contributed by atoms with Crippen LogP contribution in [0, 0.1) is 5.92 Å². The van der Waals surface area contributed by atoms with E-state index in [2.05, 4.69) is 72.2 Å². The lowest BCUT2D eigenvalue weighted by atomic mass is 9.80. The maximum atomic E-state index is 6.55. The van der Waals surface area contributed by atoms with Gasteiger partial charge in [-0.25, -0.2) is 0 Å². The van der Waals surface area contributed by atoms with Crippen molar-refractivity contribution in [1.82, 2.24) is 0 Å². The van der Waals surface area contributed by atoms with Crippen LogP contribution in [0.5, 0.6) is 0 Å². The minimum absolute atomic E-state index is 0.0636. The number of benzene rings is 1. The average Bonchev–Trinajstić information content (AvgIpc) is 2.86. The molecule has 1 aromatic heterocycles. The lowest BCUT2D eigenvalue weighted by molar-refractivity contribution is 0.391. The first kappa shape index (κ1) is 14.8. The van der Waals surface area contributed by atoms with E-state index in [1.807, 2.05) is 0 Å². The van der Waals surface area contributed by atoms with Crippen LogP contribution in [-0.2, 0) is 0 Å². The zero-order valence-electron chi connectivity index (χ0n) is 11.3. The summed E-state index contributed by atoms with van der Waals surface area (Å²) in [5.74, 6) is 0.940. The summed E-state index contributed by atoms with van der Waals surface area (Å²) in [5.41, 5.74) is 7.89. The zero-order chi connectivity index (χ0) is 13.8. The SMILES string of the molecule is CCC(C)C(c1ccccc1)C(N)c1ccc(Br)s1. The molecule has 3 unspecified atom stereocenters. The number of nitrogens with two attached hydrogens (primary N) is 1. The van der Waals surface area contributed by atoms with Gasteiger partial charge in [-0.1, -0.05) is 50.6 Å². The Morgan fingerprint density at radius 1 is 1.16 bits per heavy atom. The Bertz CT molecular complexity index is 508. The van der Waals surface area contributed by atoms with E-state index in [1.165, 1.54) is 10.4 Å². The van der Waals surface area contributed by atoms with Gasteiger partial charge in [-0.15, -0.1) is 11.3 Å². The molecule has 0 amide bonds. The van der Waals surface area contributed by atoms with Crippen molar-refractivity contribution in [3.8, 4) is 0 Å². The standard InChI is InChI=1S/C16H20BrNS/c1-3-11(2)15(12-7-5-4-6-8-12)16(18)13-9-10-14(17)19-13/h4-11,15-16H,3,18H2,1-2H3. The Kier molecular flexibility index (Phi) is 5.20. The van der Waals surface area contributed by atoms with Gasteiger partial charge < -0.3 is 5.73 Å². The predicted octanol–water partition coefficient (Wildman–Crippen LogP) is 5.34. The van der Waals surface area contributed by atoms with E-state index in [4.69, 9.17) is 5.73 Å². The number of thiophene rings is 1. The van der Waals surface area contributed by atoms with Crippen molar-refractivity contribution in [1.29, 1.82) is 0 Å². The Morgan fingerprint density at radius 3 is 2.37 bits per heavy atom. The van der Waals surface area contributed by atoms with Crippen LogP contribution in [0.15, 0.2) is 46.3 Å². The van der Waals surface area contributed by atoms with E-state index in [9.17, 15) is 0 Å². The molecule has 19 heavy (non-hydrogen) atoms. The molecule has 2 N–H and O–H groups in total. The Morgan fingerprint density at radius 2 is 1.84 bits per heavy atom. The fourth-order valence-electron chi connectivity index (χ4n) is 2.50. The van der Waals surface area contributed by atoms with Crippen molar-refractivity contribution in [2.24, 2.45) is 11.7 Å². The van der Waals surface area contributed by atoms with Crippen molar-refractivity contribution < 1.29 is 0 Å². The quantitative estimate of drug-likeness (QED) is 0.782. The number of hydrogen-bond acceptors (Lipinski definition) is 2. The molecule has 2 rings (SSSR count). The highest BCUT2D eigenvalue weighted by molar-refractivity contribution is 9.11. The van der Waals surface area contributed by atoms with Crippen LogP contribution >= 0.6 is 27.3 Å². The minimum atomic E-state index is 0.0636. The highest BCUT2D eigenvalue weighted by Gasteiger charge is 2.26. The molecule has 0 saturated carbocycles. The zero-order valence-corrected chi connectivity index (χ0v) is 13.7. The van der Waals surface area contributed by atoms with E-state index in [1.54, 1.807) is 11.3 Å². The summed E-state index contributed by atoms with van der Waals surface area (Å²) in [4.78, 5) is 1.25. The fourth-order valence-corrected chi connectivity index (χ4v) is 3.98. The summed E-state index contributed by atoms with van der Waals surface area (Å²) < 4.78 is 1.15. The van der Waals surface area contributed by atoms with Gasteiger partial charge in [-0.2, -0.15) is 0 Å². The Hall–Kier alpha value is -0.640. The van der Waals surface area contributed by atoms with Crippen molar-refractivity contribution in [2.45, 2.75) is 32.2 Å². The van der Waals surface area contributed by atoms with Crippen LogP contribution in [0.2, 0.25) is 0 Å². The van der Waals surface area contributed by atoms with Gasteiger partial charge in [0.1, 0.15) is 0 Å². The largest absolute Gasteiger partial charge is 0.323 e. The van der Waals surface area contributed by atoms with E-state index in [0.717, 1.165) is 10.2 Å². The summed E-state index contributed by atoms with van der Waals surface area (Å²) in [7, 11) is 0. The molecule has 102 valence electrons. The topological polar surface area (TPSA) is 26.0 Å². The second kappa shape index (κ2) is 6.69. The molecule has 0 saturated heterocycles. The molecule has 3 heteroatoms. The van der Waals surface area contributed by atoms with Crippen LogP contribution < -0.4 is 5.73 Å². The molecular formula is C16H20BrNS. The molecule has 1 nitrogen and oxygen atoms in total. The molecular weight excluding hydrogens is 318 g/mol. The van der Waals surface area contributed by atoms with E-state index in [-0.39, 0.29) is 6.04 Å². The van der Waals surface area contributed by atoms with Gasteiger partial charge in [-0.05, 0) is 39.5 Å². The lowest BCUT2D eigenvalue weighted by Gasteiger charge is -2.29. The van der Waals surface area contributed by atoms with Crippen LogP contribution in [0.3, 0.4) is 0 Å². The van der Waals surface area contributed by atoms with Crippen molar-refractivity contribution in [3.05, 3.63) is 56.7 Å². The molecule has 0 aliphatic heterocycles. The van der Waals surface area contributed by atoms with Crippen LogP contribution in [-0.4, -0.2) is 0 Å². The van der Waals surface area contributed by atoms with E-state index in [0.29, 0.717) is 11.8 Å². The van der Waals surface area contributed by atoms with Gasteiger partial charge in [0.2, 0.25) is 0 Å². The molecule has 0 bridgehead atoms. The van der Waals surface area contributed by atoms with Gasteiger partial charge >= 0.3 is 0 Å². The molecule has 0 fully saturated rings. The van der Waals surface area contributed by atoms with Gasteiger partial charge in [0.15, 0.2) is 0 Å². The second-order valence-electron chi connectivity index (χ2n) is 4.99. The lowest BCUT2D eigenvalue weighted by Crippen LogP contribution is -2.24. The molecule has 1 aromatic carbocycles. The molecule has 0 radical (unpaired) electrons. The third-order valence-electron chi connectivity index (χ3n) is 3.75. The monoisotopic (exact) mass is 337 g/mol. The molecule has 1 heterocycles. The maximum Gasteiger partial charge on any atom is 0.0701 e. The van der Waals surface area contributed by atoms with Crippen molar-refractivity contribution in [3.63, 3.8) is 0 Å². The highest BCUT2D eigenvalue weighted by atomic mass is 79.9. The molecule has 0 aliphatic rings. The third kappa shape index (κ3) is 3.47. The third-order valence-corrected chi connectivity index (χ3v) is 5.48. The first-order chi connectivity index (χ1) is 9.13. The van der Waals surface area contributed by atoms with Crippen LogP contribution in [0.25, 0.3) is 0 Å². The normalized spacial score (nSPS) is 16.0. The Balaban J connectivity index is 2.33. The molecule has 3 atom stereocenters. The van der Waals surface area contributed by atoms with Gasteiger partial charge in [0.25, 0.3) is 0 Å². The summed E-state index contributed by atoms with van der Waals surface area (Å²) >= 11 is 5.26. The van der Waals surface area contributed by atoms with Gasteiger partial charge in [0, 0.05) is 16.8 Å². The summed E-state index contributed by atoms with van der Waals surface area (Å²) in [6.07, 6.45) is 1.14. The smallest absolute Gasteiger partial charge is 0.0701 e. The van der Waals surface area contributed by atoms with Gasteiger partial charge in [-0.3, -0.25) is 0 Å². The number of rotatable bonds is 5. The summed E-state index contributed by atoms with van der Waals surface area (Å²) in [6, 6.07) is 14.9. The van der Waals surface area contributed by atoms with Crippen LogP contribution in [0.4, 0.5) is 0 Å². The molecule has 2 aromatic rings. The summed E-state index contributed by atoms with van der Waals surface area (Å²) in [6.45, 7) is 4.53. The minimum Gasteiger partial charge on any atom is -0.323 e. The second-order valence-corrected chi connectivity index (χ2v) is 7.48. The maximum absolute atomic E-state index is 6.55. The van der Waals surface area contributed by atoms with E-state index >= 15 is 0 Å². The molecule has 0 spiro atoms. The predicted molar refractivity (Wildman–Crippen MR) is 87.6 cm³/mol. The fraction of sp³-hybridized carbons (Fsp3) is 0.375. The number of hydrogen-bond donors (Lipinski definition) is 1. The van der Waals surface area contributed by atoms with Gasteiger partial charge in [0.05, 0.1) is 3.79 Å². The molecule has 0 aliphatic carbocycles. The first-order valence-electron chi connectivity index (χ1n) is 6.69. The first-order valence-corrected chi connectivity index (χ1v) is 8.30. The van der Waals surface area contributed by atoms with Crippen molar-refractivity contribution in [2.75, 3.05) is 0 Å². The average molecular weight is 338 g/mol. The van der Waals surface area contributed by atoms with Crippen LogP contribution in [0.1, 0.15) is 42.7 Å². The van der Waals surface area contributed by atoms with E-state index < -0.39 is 0 Å². The summed E-state index contributed by atoms with van der Waals surface area (Å²) in [5, 5.41) is 0.